The first-order chi connectivity index (χ1) is 6.29. The van der Waals surface area contributed by atoms with E-state index in [1.165, 1.54) is 5.56 Å². The Morgan fingerprint density at radius 2 is 2.31 bits per heavy atom. The molecule has 2 rings (SSSR count). The molecule has 1 aliphatic heterocycles. The molecule has 0 saturated carbocycles. The smallest absolute Gasteiger partial charge is 0.127 e. The summed E-state index contributed by atoms with van der Waals surface area (Å²) in [6.45, 7) is 3.81. The molecular formula is C11H14FN. The maximum atomic E-state index is 13.4. The molecule has 1 aliphatic rings. The number of benzene rings is 1. The Labute approximate surface area is 78.0 Å². The molecule has 2 heteroatoms. The molecule has 0 aromatic heterocycles. The van der Waals surface area contributed by atoms with Crippen molar-refractivity contribution in [2.45, 2.75) is 25.8 Å². The fourth-order valence-corrected chi connectivity index (χ4v) is 1.91. The van der Waals surface area contributed by atoms with Crippen molar-refractivity contribution >= 4 is 0 Å². The van der Waals surface area contributed by atoms with Crippen LogP contribution in [0.1, 0.15) is 30.4 Å². The minimum absolute atomic E-state index is 0.0706. The topological polar surface area (TPSA) is 12.0 Å². The molecule has 0 saturated heterocycles. The van der Waals surface area contributed by atoms with Crippen LogP contribution in [-0.4, -0.2) is 6.54 Å². The highest BCUT2D eigenvalue weighted by molar-refractivity contribution is 5.32. The van der Waals surface area contributed by atoms with Gasteiger partial charge in [-0.3, -0.25) is 0 Å². The largest absolute Gasteiger partial charge is 0.313 e. The van der Waals surface area contributed by atoms with E-state index >= 15 is 0 Å². The summed E-state index contributed by atoms with van der Waals surface area (Å²) in [4.78, 5) is 0. The summed E-state index contributed by atoms with van der Waals surface area (Å²) in [5.41, 5.74) is 2.03. The third-order valence-electron chi connectivity index (χ3n) is 2.74. The Balaban J connectivity index is 2.47. The van der Waals surface area contributed by atoms with Crippen molar-refractivity contribution in [1.29, 1.82) is 0 Å². The molecule has 1 nitrogen and oxygen atoms in total. The van der Waals surface area contributed by atoms with Crippen LogP contribution in [-0.2, 0) is 6.54 Å². The molecule has 1 aromatic carbocycles. The highest BCUT2D eigenvalue weighted by Gasteiger charge is 2.16. The number of halogens is 1. The van der Waals surface area contributed by atoms with Crippen molar-refractivity contribution in [2.24, 2.45) is 0 Å². The van der Waals surface area contributed by atoms with E-state index in [1.54, 1.807) is 12.1 Å². The molecule has 0 bridgehead atoms. The van der Waals surface area contributed by atoms with Crippen LogP contribution in [0.25, 0.3) is 0 Å². The molecule has 0 aliphatic carbocycles. The Morgan fingerprint density at radius 3 is 3.15 bits per heavy atom. The van der Waals surface area contributed by atoms with Crippen molar-refractivity contribution in [3.05, 3.63) is 35.1 Å². The standard InChI is InChI=1S/C11H14FN/c1-8-5-6-13-7-10-9(8)3-2-4-11(10)12/h2-4,8,13H,5-7H2,1H3. The second kappa shape index (κ2) is 3.46. The van der Waals surface area contributed by atoms with E-state index in [-0.39, 0.29) is 5.82 Å². The number of nitrogens with one attached hydrogen (secondary N) is 1. The maximum absolute atomic E-state index is 13.4. The van der Waals surface area contributed by atoms with Crippen molar-refractivity contribution in [3.8, 4) is 0 Å². The van der Waals surface area contributed by atoms with E-state index < -0.39 is 0 Å². The highest BCUT2D eigenvalue weighted by Crippen LogP contribution is 2.26. The minimum Gasteiger partial charge on any atom is -0.313 e. The summed E-state index contributed by atoms with van der Waals surface area (Å²) in [5.74, 6) is 0.402. The van der Waals surface area contributed by atoms with Crippen LogP contribution < -0.4 is 5.32 Å². The zero-order valence-corrected chi connectivity index (χ0v) is 7.81. The van der Waals surface area contributed by atoms with E-state index in [0.29, 0.717) is 12.5 Å². The van der Waals surface area contributed by atoms with Crippen LogP contribution >= 0.6 is 0 Å². The number of hydrogen-bond donors (Lipinski definition) is 1. The van der Waals surface area contributed by atoms with Crippen molar-refractivity contribution < 1.29 is 4.39 Å². The molecule has 13 heavy (non-hydrogen) atoms. The van der Waals surface area contributed by atoms with E-state index in [0.717, 1.165) is 18.5 Å². The predicted octanol–water partition coefficient (Wildman–Crippen LogP) is 2.42. The number of rotatable bonds is 0. The molecule has 70 valence electrons. The summed E-state index contributed by atoms with van der Waals surface area (Å²) in [6.07, 6.45) is 1.09. The van der Waals surface area contributed by atoms with Gasteiger partial charge in [0.05, 0.1) is 0 Å². The monoisotopic (exact) mass is 179 g/mol. The van der Waals surface area contributed by atoms with Crippen LogP contribution in [0.2, 0.25) is 0 Å². The third kappa shape index (κ3) is 1.59. The van der Waals surface area contributed by atoms with E-state index in [4.69, 9.17) is 0 Å². The van der Waals surface area contributed by atoms with Gasteiger partial charge < -0.3 is 5.32 Å². The zero-order valence-electron chi connectivity index (χ0n) is 7.81. The van der Waals surface area contributed by atoms with Gasteiger partial charge in [0.15, 0.2) is 0 Å². The third-order valence-corrected chi connectivity index (χ3v) is 2.74. The summed E-state index contributed by atoms with van der Waals surface area (Å²) in [5, 5.41) is 3.23. The first-order valence-corrected chi connectivity index (χ1v) is 4.77. The number of hydrogen-bond acceptors (Lipinski definition) is 1. The summed E-state index contributed by atoms with van der Waals surface area (Å²) < 4.78 is 13.4. The van der Waals surface area contributed by atoms with Gasteiger partial charge in [-0.1, -0.05) is 19.1 Å². The molecular weight excluding hydrogens is 165 g/mol. The van der Waals surface area contributed by atoms with Gasteiger partial charge >= 0.3 is 0 Å². The second-order valence-electron chi connectivity index (χ2n) is 3.67. The predicted molar refractivity (Wildman–Crippen MR) is 51.1 cm³/mol. The molecule has 1 unspecified atom stereocenters. The van der Waals surface area contributed by atoms with E-state index in [1.807, 2.05) is 6.07 Å². The molecule has 0 amide bonds. The van der Waals surface area contributed by atoms with Crippen LogP contribution in [0.15, 0.2) is 18.2 Å². The van der Waals surface area contributed by atoms with Gasteiger partial charge in [-0.15, -0.1) is 0 Å². The Morgan fingerprint density at radius 1 is 1.46 bits per heavy atom. The van der Waals surface area contributed by atoms with Crippen LogP contribution in [0.4, 0.5) is 4.39 Å². The first-order valence-electron chi connectivity index (χ1n) is 4.77. The zero-order chi connectivity index (χ0) is 9.26. The van der Waals surface area contributed by atoms with Crippen LogP contribution in [0, 0.1) is 5.82 Å². The van der Waals surface area contributed by atoms with E-state index in [2.05, 4.69) is 12.2 Å². The quantitative estimate of drug-likeness (QED) is 0.645. The second-order valence-corrected chi connectivity index (χ2v) is 3.67. The average molecular weight is 179 g/mol. The lowest BCUT2D eigenvalue weighted by Gasteiger charge is -2.11. The van der Waals surface area contributed by atoms with Gasteiger partial charge in [0.1, 0.15) is 5.82 Å². The fourth-order valence-electron chi connectivity index (χ4n) is 1.91. The van der Waals surface area contributed by atoms with Gasteiger partial charge in [0.2, 0.25) is 0 Å². The van der Waals surface area contributed by atoms with Crippen molar-refractivity contribution in [2.75, 3.05) is 6.54 Å². The highest BCUT2D eigenvalue weighted by atomic mass is 19.1. The Bertz CT molecular complexity index is 309. The lowest BCUT2D eigenvalue weighted by atomic mass is 9.94. The van der Waals surface area contributed by atoms with Gasteiger partial charge in [-0.25, -0.2) is 4.39 Å². The normalized spacial score (nSPS) is 22.2. The molecule has 0 spiro atoms. The number of fused-ring (bicyclic) bond motifs is 1. The molecule has 1 N–H and O–H groups in total. The first kappa shape index (κ1) is 8.70. The van der Waals surface area contributed by atoms with Gasteiger partial charge in [0, 0.05) is 12.1 Å². The lowest BCUT2D eigenvalue weighted by molar-refractivity contribution is 0.593. The summed E-state index contributed by atoms with van der Waals surface area (Å²) in [6, 6.07) is 5.38. The summed E-state index contributed by atoms with van der Waals surface area (Å²) >= 11 is 0. The molecule has 1 heterocycles. The van der Waals surface area contributed by atoms with Gasteiger partial charge in [-0.2, -0.15) is 0 Å². The lowest BCUT2D eigenvalue weighted by Crippen LogP contribution is -2.13. The summed E-state index contributed by atoms with van der Waals surface area (Å²) in [7, 11) is 0. The molecule has 0 radical (unpaired) electrons. The van der Waals surface area contributed by atoms with E-state index in [9.17, 15) is 4.39 Å². The Hall–Kier alpha value is -0.890. The van der Waals surface area contributed by atoms with Crippen LogP contribution in [0.5, 0.6) is 0 Å². The minimum atomic E-state index is -0.0706. The fraction of sp³-hybridized carbons (Fsp3) is 0.455. The van der Waals surface area contributed by atoms with Crippen molar-refractivity contribution in [3.63, 3.8) is 0 Å². The van der Waals surface area contributed by atoms with Gasteiger partial charge in [-0.05, 0) is 30.5 Å². The Kier molecular flexibility index (Phi) is 2.32. The van der Waals surface area contributed by atoms with Crippen LogP contribution in [0.3, 0.4) is 0 Å². The molecule has 1 aromatic rings. The van der Waals surface area contributed by atoms with Crippen molar-refractivity contribution in [1.82, 2.24) is 5.32 Å². The average Bonchev–Trinajstić information content (AvgIpc) is 2.30. The SMILES string of the molecule is CC1CCNCc2c(F)cccc21. The molecule has 1 atom stereocenters. The molecule has 0 fully saturated rings. The maximum Gasteiger partial charge on any atom is 0.127 e. The van der Waals surface area contributed by atoms with Gasteiger partial charge in [0.25, 0.3) is 0 Å².